The standard InChI is InChI=1S/C11H25N3O2/c1-8(2)9(12)10(15)13-6-11(3,16)7-14(4)5/h8-9,16H,6-7,12H2,1-5H3,(H,13,15)/t9-,11?/m0/s1. The van der Waals surface area contributed by atoms with Gasteiger partial charge in [-0.1, -0.05) is 13.8 Å². The molecule has 0 radical (unpaired) electrons. The summed E-state index contributed by atoms with van der Waals surface area (Å²) in [6.45, 7) is 6.17. The lowest BCUT2D eigenvalue weighted by molar-refractivity contribution is -0.124. The fraction of sp³-hybridized carbons (Fsp3) is 0.909. The van der Waals surface area contributed by atoms with E-state index in [9.17, 15) is 9.90 Å². The van der Waals surface area contributed by atoms with Crippen molar-refractivity contribution in [1.29, 1.82) is 0 Å². The van der Waals surface area contributed by atoms with E-state index in [1.54, 1.807) is 6.92 Å². The number of carbonyl (C=O) groups is 1. The molecule has 0 fully saturated rings. The van der Waals surface area contributed by atoms with Gasteiger partial charge in [0.2, 0.25) is 5.91 Å². The number of aliphatic hydroxyl groups is 1. The molecule has 0 heterocycles. The summed E-state index contributed by atoms with van der Waals surface area (Å²) in [5.74, 6) is -0.118. The maximum absolute atomic E-state index is 11.6. The first-order valence-corrected chi connectivity index (χ1v) is 5.56. The highest BCUT2D eigenvalue weighted by atomic mass is 16.3. The Morgan fingerprint density at radius 2 is 2.00 bits per heavy atom. The minimum Gasteiger partial charge on any atom is -0.387 e. The van der Waals surface area contributed by atoms with Crippen molar-refractivity contribution in [2.75, 3.05) is 27.2 Å². The number of hydrogen-bond donors (Lipinski definition) is 3. The maximum atomic E-state index is 11.6. The Morgan fingerprint density at radius 3 is 2.38 bits per heavy atom. The molecule has 0 aliphatic carbocycles. The fourth-order valence-electron chi connectivity index (χ4n) is 1.44. The van der Waals surface area contributed by atoms with Gasteiger partial charge in [-0.3, -0.25) is 4.79 Å². The van der Waals surface area contributed by atoms with Gasteiger partial charge in [0.25, 0.3) is 0 Å². The van der Waals surface area contributed by atoms with Crippen molar-refractivity contribution < 1.29 is 9.90 Å². The van der Waals surface area contributed by atoms with Gasteiger partial charge in [0.1, 0.15) is 0 Å². The van der Waals surface area contributed by atoms with Crippen LogP contribution in [0, 0.1) is 5.92 Å². The summed E-state index contributed by atoms with van der Waals surface area (Å²) in [6, 6.07) is -0.518. The zero-order valence-corrected chi connectivity index (χ0v) is 10.9. The number of nitrogens with two attached hydrogens (primary N) is 1. The third kappa shape index (κ3) is 6.05. The van der Waals surface area contributed by atoms with Gasteiger partial charge in [0.05, 0.1) is 11.6 Å². The molecule has 0 saturated heterocycles. The molecule has 0 spiro atoms. The lowest BCUT2D eigenvalue weighted by Gasteiger charge is -2.28. The Bertz CT molecular complexity index is 227. The predicted molar refractivity (Wildman–Crippen MR) is 65.0 cm³/mol. The highest BCUT2D eigenvalue weighted by Gasteiger charge is 2.24. The normalized spacial score (nSPS) is 17.3. The van der Waals surface area contributed by atoms with Crippen LogP contribution in [0.5, 0.6) is 0 Å². The number of likely N-dealkylation sites (N-methyl/N-ethyl adjacent to an activating group) is 1. The van der Waals surface area contributed by atoms with Crippen molar-refractivity contribution >= 4 is 5.91 Å². The van der Waals surface area contributed by atoms with Crippen molar-refractivity contribution in [3.05, 3.63) is 0 Å². The Labute approximate surface area is 98.0 Å². The van der Waals surface area contributed by atoms with Gasteiger partial charge in [-0.15, -0.1) is 0 Å². The summed E-state index contributed by atoms with van der Waals surface area (Å²) in [4.78, 5) is 13.4. The minimum absolute atomic E-state index is 0.0961. The lowest BCUT2D eigenvalue weighted by atomic mass is 10.0. The van der Waals surface area contributed by atoms with Crippen molar-refractivity contribution in [2.45, 2.75) is 32.4 Å². The second kappa shape index (κ2) is 6.18. The third-order valence-corrected chi connectivity index (χ3v) is 2.32. The Morgan fingerprint density at radius 1 is 1.50 bits per heavy atom. The summed E-state index contributed by atoms with van der Waals surface area (Å²) in [6.07, 6.45) is 0. The molecule has 1 amide bonds. The number of nitrogens with zero attached hydrogens (tertiary/aromatic N) is 1. The first-order valence-electron chi connectivity index (χ1n) is 5.56. The zero-order chi connectivity index (χ0) is 12.9. The Hall–Kier alpha value is -0.650. The van der Waals surface area contributed by atoms with Crippen LogP contribution in [0.3, 0.4) is 0 Å². The Kier molecular flexibility index (Phi) is 5.92. The van der Waals surface area contributed by atoms with Crippen LogP contribution in [-0.2, 0) is 4.79 Å². The Balaban J connectivity index is 4.09. The van der Waals surface area contributed by atoms with Crippen LogP contribution in [0.4, 0.5) is 0 Å². The number of nitrogens with one attached hydrogen (secondary N) is 1. The average Bonchev–Trinajstić information content (AvgIpc) is 2.10. The first kappa shape index (κ1) is 15.3. The van der Waals surface area contributed by atoms with Gasteiger partial charge in [-0.05, 0) is 26.9 Å². The van der Waals surface area contributed by atoms with Gasteiger partial charge in [0.15, 0.2) is 0 Å². The monoisotopic (exact) mass is 231 g/mol. The average molecular weight is 231 g/mol. The molecule has 4 N–H and O–H groups in total. The molecule has 0 bridgehead atoms. The summed E-state index contributed by atoms with van der Waals surface area (Å²) >= 11 is 0. The number of hydrogen-bond acceptors (Lipinski definition) is 4. The molecule has 0 aromatic carbocycles. The molecule has 5 heteroatoms. The van der Waals surface area contributed by atoms with Gasteiger partial charge < -0.3 is 21.1 Å². The van der Waals surface area contributed by atoms with Gasteiger partial charge >= 0.3 is 0 Å². The number of carbonyl (C=O) groups excluding carboxylic acids is 1. The molecule has 1 unspecified atom stereocenters. The van der Waals surface area contributed by atoms with E-state index in [-0.39, 0.29) is 18.4 Å². The van der Waals surface area contributed by atoms with E-state index in [0.717, 1.165) is 0 Å². The first-order chi connectivity index (χ1) is 7.15. The maximum Gasteiger partial charge on any atom is 0.237 e. The van der Waals surface area contributed by atoms with E-state index in [4.69, 9.17) is 5.73 Å². The molecule has 0 aromatic heterocycles. The zero-order valence-electron chi connectivity index (χ0n) is 10.9. The van der Waals surface area contributed by atoms with E-state index in [2.05, 4.69) is 5.32 Å². The molecule has 96 valence electrons. The van der Waals surface area contributed by atoms with Crippen LogP contribution in [0.2, 0.25) is 0 Å². The summed E-state index contributed by atoms with van der Waals surface area (Å²) < 4.78 is 0. The summed E-state index contributed by atoms with van der Waals surface area (Å²) in [5, 5.41) is 12.6. The van der Waals surface area contributed by atoms with Crippen molar-refractivity contribution in [2.24, 2.45) is 11.7 Å². The molecular weight excluding hydrogens is 206 g/mol. The molecule has 0 saturated carbocycles. The fourth-order valence-corrected chi connectivity index (χ4v) is 1.44. The number of amides is 1. The summed E-state index contributed by atoms with van der Waals surface area (Å²) in [5.41, 5.74) is 4.75. The lowest BCUT2D eigenvalue weighted by Crippen LogP contribution is -2.51. The molecule has 2 atom stereocenters. The van der Waals surface area contributed by atoms with Gasteiger partial charge in [-0.25, -0.2) is 0 Å². The molecule has 0 aromatic rings. The van der Waals surface area contributed by atoms with Crippen molar-refractivity contribution in [3.63, 3.8) is 0 Å². The van der Waals surface area contributed by atoms with E-state index in [1.807, 2.05) is 32.8 Å². The molecule has 5 nitrogen and oxygen atoms in total. The van der Waals surface area contributed by atoms with E-state index >= 15 is 0 Å². The molecule has 0 aliphatic rings. The SMILES string of the molecule is CC(C)[C@H](N)C(=O)NCC(C)(O)CN(C)C. The second-order valence-corrected chi connectivity index (χ2v) is 5.22. The third-order valence-electron chi connectivity index (χ3n) is 2.32. The van der Waals surface area contributed by atoms with Crippen LogP contribution >= 0.6 is 0 Å². The van der Waals surface area contributed by atoms with Crippen LogP contribution < -0.4 is 11.1 Å². The smallest absolute Gasteiger partial charge is 0.237 e. The molecule has 0 rings (SSSR count). The summed E-state index contributed by atoms with van der Waals surface area (Å²) in [7, 11) is 3.74. The van der Waals surface area contributed by atoms with Crippen LogP contribution in [0.25, 0.3) is 0 Å². The van der Waals surface area contributed by atoms with Crippen LogP contribution in [0.1, 0.15) is 20.8 Å². The highest BCUT2D eigenvalue weighted by molar-refractivity contribution is 5.81. The largest absolute Gasteiger partial charge is 0.387 e. The molecule has 16 heavy (non-hydrogen) atoms. The van der Waals surface area contributed by atoms with E-state index < -0.39 is 11.6 Å². The highest BCUT2D eigenvalue weighted by Crippen LogP contribution is 2.04. The second-order valence-electron chi connectivity index (χ2n) is 5.22. The van der Waals surface area contributed by atoms with Gasteiger partial charge in [-0.2, -0.15) is 0 Å². The quantitative estimate of drug-likeness (QED) is 0.570. The molecule has 0 aliphatic heterocycles. The van der Waals surface area contributed by atoms with Crippen molar-refractivity contribution in [3.8, 4) is 0 Å². The van der Waals surface area contributed by atoms with Crippen LogP contribution in [0.15, 0.2) is 0 Å². The minimum atomic E-state index is -0.935. The topological polar surface area (TPSA) is 78.6 Å². The van der Waals surface area contributed by atoms with Gasteiger partial charge in [0, 0.05) is 13.1 Å². The van der Waals surface area contributed by atoms with E-state index in [0.29, 0.717) is 6.54 Å². The van der Waals surface area contributed by atoms with Crippen molar-refractivity contribution in [1.82, 2.24) is 10.2 Å². The van der Waals surface area contributed by atoms with E-state index in [1.165, 1.54) is 0 Å². The predicted octanol–water partition coefficient (Wildman–Crippen LogP) is -0.601. The van der Waals surface area contributed by atoms with Crippen LogP contribution in [-0.4, -0.2) is 54.7 Å². The number of rotatable bonds is 6. The molecular formula is C11H25N3O2.